The number of piperidine rings is 1. The monoisotopic (exact) mass is 287 g/mol. The van der Waals surface area contributed by atoms with Gasteiger partial charge in [-0.3, -0.25) is 4.79 Å². The molecule has 0 saturated carbocycles. The van der Waals surface area contributed by atoms with Crippen LogP contribution in [0.3, 0.4) is 0 Å². The number of nitrogens with two attached hydrogens (primary N) is 2. The number of carbonyl (C=O) groups is 1. The summed E-state index contributed by atoms with van der Waals surface area (Å²) in [6.45, 7) is 1.12. The van der Waals surface area contributed by atoms with Crippen LogP contribution in [0.25, 0.3) is 0 Å². The highest BCUT2D eigenvalue weighted by molar-refractivity contribution is 5.77. The highest BCUT2D eigenvalue weighted by Crippen LogP contribution is 2.35. The van der Waals surface area contributed by atoms with Gasteiger partial charge in [-0.1, -0.05) is 0 Å². The van der Waals surface area contributed by atoms with Crippen molar-refractivity contribution < 1.29 is 18.0 Å². The van der Waals surface area contributed by atoms with E-state index in [1.165, 1.54) is 6.07 Å². The molecular weight excluding hydrogens is 271 g/mol. The molecule has 0 radical (unpaired) electrons. The molecule has 1 amide bonds. The van der Waals surface area contributed by atoms with E-state index in [1.807, 2.05) is 4.90 Å². The molecule has 0 unspecified atom stereocenters. The van der Waals surface area contributed by atoms with Crippen LogP contribution in [0.1, 0.15) is 18.4 Å². The molecule has 2 rings (SSSR count). The third-order valence-electron chi connectivity index (χ3n) is 3.59. The zero-order valence-corrected chi connectivity index (χ0v) is 10.8. The summed E-state index contributed by atoms with van der Waals surface area (Å²) in [5.74, 6) is -0.494. The van der Waals surface area contributed by atoms with E-state index < -0.39 is 11.7 Å². The highest BCUT2D eigenvalue weighted by Gasteiger charge is 2.31. The van der Waals surface area contributed by atoms with Crippen LogP contribution in [-0.4, -0.2) is 19.0 Å². The molecule has 0 atom stereocenters. The quantitative estimate of drug-likeness (QED) is 0.817. The number of anilines is 2. The Labute approximate surface area is 114 Å². The first kappa shape index (κ1) is 14.5. The first-order valence-electron chi connectivity index (χ1n) is 6.30. The number of rotatable bonds is 2. The summed E-state index contributed by atoms with van der Waals surface area (Å²) >= 11 is 0. The third-order valence-corrected chi connectivity index (χ3v) is 3.59. The Morgan fingerprint density at radius 1 is 1.25 bits per heavy atom. The standard InChI is InChI=1S/C13H16F3N3O/c14-13(15,16)9-1-2-11(10(17)7-9)19-5-3-8(4-6-19)12(18)20/h1-2,7-8H,3-6,17H2,(H2,18,20). The molecule has 4 nitrogen and oxygen atoms in total. The Kier molecular flexibility index (Phi) is 3.78. The number of carbonyl (C=O) groups excluding carboxylic acids is 1. The molecule has 4 N–H and O–H groups in total. The zero-order chi connectivity index (χ0) is 14.9. The Bertz CT molecular complexity index is 508. The van der Waals surface area contributed by atoms with Crippen LogP contribution in [0, 0.1) is 5.92 Å². The third kappa shape index (κ3) is 2.97. The molecule has 0 spiro atoms. The number of nitrogen functional groups attached to an aromatic ring is 1. The summed E-state index contributed by atoms with van der Waals surface area (Å²) < 4.78 is 37.7. The zero-order valence-electron chi connectivity index (χ0n) is 10.8. The van der Waals surface area contributed by atoms with Crippen molar-refractivity contribution in [2.45, 2.75) is 19.0 Å². The molecule has 20 heavy (non-hydrogen) atoms. The summed E-state index contributed by atoms with van der Waals surface area (Å²) in [5, 5.41) is 0. The molecule has 1 aromatic carbocycles. The summed E-state index contributed by atoms with van der Waals surface area (Å²) in [5.41, 5.74) is 10.9. The minimum atomic E-state index is -4.40. The fraction of sp³-hybridized carbons (Fsp3) is 0.462. The Morgan fingerprint density at radius 3 is 2.30 bits per heavy atom. The van der Waals surface area contributed by atoms with Gasteiger partial charge < -0.3 is 16.4 Å². The van der Waals surface area contributed by atoms with Gasteiger partial charge in [0.1, 0.15) is 0 Å². The van der Waals surface area contributed by atoms with Crippen molar-refractivity contribution in [1.29, 1.82) is 0 Å². The van der Waals surface area contributed by atoms with Crippen LogP contribution in [0.5, 0.6) is 0 Å². The van der Waals surface area contributed by atoms with Crippen LogP contribution in [-0.2, 0) is 11.0 Å². The van der Waals surface area contributed by atoms with Gasteiger partial charge in [0.25, 0.3) is 0 Å². The minimum Gasteiger partial charge on any atom is -0.397 e. The Hall–Kier alpha value is -1.92. The average Bonchev–Trinajstić information content (AvgIpc) is 2.37. The lowest BCUT2D eigenvalue weighted by molar-refractivity contribution is -0.137. The predicted molar refractivity (Wildman–Crippen MR) is 70.0 cm³/mol. The normalized spacial score (nSPS) is 17.2. The lowest BCUT2D eigenvalue weighted by Crippen LogP contribution is -2.38. The maximum Gasteiger partial charge on any atom is 0.416 e. The van der Waals surface area contributed by atoms with Crippen molar-refractivity contribution in [3.8, 4) is 0 Å². The van der Waals surface area contributed by atoms with Gasteiger partial charge in [-0.25, -0.2) is 0 Å². The maximum absolute atomic E-state index is 12.6. The van der Waals surface area contributed by atoms with Gasteiger partial charge in [-0.2, -0.15) is 13.2 Å². The van der Waals surface area contributed by atoms with Crippen LogP contribution in [0.15, 0.2) is 18.2 Å². The number of primary amides is 1. The van der Waals surface area contributed by atoms with Crippen molar-refractivity contribution in [3.05, 3.63) is 23.8 Å². The Balaban J connectivity index is 2.13. The number of alkyl halides is 3. The first-order valence-corrected chi connectivity index (χ1v) is 6.30. The summed E-state index contributed by atoms with van der Waals surface area (Å²) in [7, 11) is 0. The molecule has 1 fully saturated rings. The van der Waals surface area contributed by atoms with E-state index in [-0.39, 0.29) is 17.5 Å². The maximum atomic E-state index is 12.6. The molecule has 1 heterocycles. The van der Waals surface area contributed by atoms with E-state index in [9.17, 15) is 18.0 Å². The summed E-state index contributed by atoms with van der Waals surface area (Å²) in [6.07, 6.45) is -3.21. The number of halogens is 3. The van der Waals surface area contributed by atoms with Crippen molar-refractivity contribution >= 4 is 17.3 Å². The van der Waals surface area contributed by atoms with E-state index >= 15 is 0 Å². The number of nitrogens with zero attached hydrogens (tertiary/aromatic N) is 1. The van der Waals surface area contributed by atoms with Gasteiger partial charge in [-0.15, -0.1) is 0 Å². The van der Waals surface area contributed by atoms with Gasteiger partial charge in [0, 0.05) is 19.0 Å². The summed E-state index contributed by atoms with van der Waals surface area (Å²) in [4.78, 5) is 13.0. The SMILES string of the molecule is NC(=O)C1CCN(c2ccc(C(F)(F)F)cc2N)CC1. The predicted octanol–water partition coefficient (Wildman–Crippen LogP) is 1.99. The van der Waals surface area contributed by atoms with Crippen LogP contribution < -0.4 is 16.4 Å². The summed E-state index contributed by atoms with van der Waals surface area (Å²) in [6, 6.07) is 3.34. The first-order chi connectivity index (χ1) is 9.29. The van der Waals surface area contributed by atoms with Crippen LogP contribution in [0.2, 0.25) is 0 Å². The van der Waals surface area contributed by atoms with Crippen molar-refractivity contribution in [2.24, 2.45) is 11.7 Å². The molecule has 7 heteroatoms. The molecule has 0 bridgehead atoms. The number of amides is 1. The molecule has 1 aliphatic rings. The van der Waals surface area contributed by atoms with Gasteiger partial charge >= 0.3 is 6.18 Å². The van der Waals surface area contributed by atoms with E-state index in [0.717, 1.165) is 12.1 Å². The largest absolute Gasteiger partial charge is 0.416 e. The molecule has 0 aromatic heterocycles. The molecule has 1 saturated heterocycles. The lowest BCUT2D eigenvalue weighted by atomic mass is 9.95. The van der Waals surface area contributed by atoms with Crippen molar-refractivity contribution in [2.75, 3.05) is 23.7 Å². The fourth-order valence-corrected chi connectivity index (χ4v) is 2.42. The fourth-order valence-electron chi connectivity index (χ4n) is 2.42. The molecule has 1 aromatic rings. The second-order valence-electron chi connectivity index (χ2n) is 4.94. The van der Waals surface area contributed by atoms with Gasteiger partial charge in [0.15, 0.2) is 0 Å². The minimum absolute atomic E-state index is 0.0948. The van der Waals surface area contributed by atoms with Crippen LogP contribution >= 0.6 is 0 Å². The van der Waals surface area contributed by atoms with Gasteiger partial charge in [0.05, 0.1) is 16.9 Å². The molecule has 110 valence electrons. The lowest BCUT2D eigenvalue weighted by Gasteiger charge is -2.33. The van der Waals surface area contributed by atoms with Crippen molar-refractivity contribution in [1.82, 2.24) is 0 Å². The molecule has 0 aliphatic carbocycles. The number of benzene rings is 1. The van der Waals surface area contributed by atoms with E-state index in [0.29, 0.717) is 31.6 Å². The van der Waals surface area contributed by atoms with Crippen LogP contribution in [0.4, 0.5) is 24.5 Å². The second kappa shape index (κ2) is 5.22. The molecule has 1 aliphatic heterocycles. The topological polar surface area (TPSA) is 72.4 Å². The average molecular weight is 287 g/mol. The van der Waals surface area contributed by atoms with Gasteiger partial charge in [-0.05, 0) is 31.0 Å². The van der Waals surface area contributed by atoms with Gasteiger partial charge in [0.2, 0.25) is 5.91 Å². The van der Waals surface area contributed by atoms with E-state index in [1.54, 1.807) is 0 Å². The molecular formula is C13H16F3N3O. The van der Waals surface area contributed by atoms with Crippen molar-refractivity contribution in [3.63, 3.8) is 0 Å². The second-order valence-corrected chi connectivity index (χ2v) is 4.94. The van der Waals surface area contributed by atoms with E-state index in [2.05, 4.69) is 0 Å². The highest BCUT2D eigenvalue weighted by atomic mass is 19.4. The number of hydrogen-bond acceptors (Lipinski definition) is 3. The Morgan fingerprint density at radius 2 is 1.85 bits per heavy atom. The number of hydrogen-bond donors (Lipinski definition) is 2. The smallest absolute Gasteiger partial charge is 0.397 e. The van der Waals surface area contributed by atoms with E-state index in [4.69, 9.17) is 11.5 Å².